The molecule has 0 radical (unpaired) electrons. The van der Waals surface area contributed by atoms with Crippen molar-refractivity contribution >= 4 is 5.69 Å². The van der Waals surface area contributed by atoms with Crippen LogP contribution in [0.25, 0.3) is 11.5 Å². The number of rotatable bonds is 5. The molecule has 0 aliphatic carbocycles. The first kappa shape index (κ1) is 17.0. The molecule has 2 heterocycles. The molecule has 3 rings (SSSR count). The molecule has 130 valence electrons. The molecule has 7 heteroatoms. The highest BCUT2D eigenvalue weighted by atomic mass is 19.3. The fourth-order valence-corrected chi connectivity index (χ4v) is 2.49. The van der Waals surface area contributed by atoms with Crippen LogP contribution in [0.2, 0.25) is 0 Å². The van der Waals surface area contributed by atoms with Crippen LogP contribution in [0.5, 0.6) is 0 Å². The van der Waals surface area contributed by atoms with Gasteiger partial charge in [0.1, 0.15) is 5.69 Å². The minimum Gasteiger partial charge on any atom is -0.378 e. The van der Waals surface area contributed by atoms with Gasteiger partial charge in [-0.1, -0.05) is 11.2 Å². The molecule has 1 unspecified atom stereocenters. The molecular weight excluding hydrogens is 326 g/mol. The maximum absolute atomic E-state index is 12.6. The molecular formula is C18H18F2N4O. The number of alkyl halides is 2. The molecule has 25 heavy (non-hydrogen) atoms. The first-order valence-electron chi connectivity index (χ1n) is 7.86. The lowest BCUT2D eigenvalue weighted by Crippen LogP contribution is -2.08. The third-order valence-electron chi connectivity index (χ3n) is 3.91. The summed E-state index contributed by atoms with van der Waals surface area (Å²) in [6.07, 6.45) is -1.08. The Morgan fingerprint density at radius 2 is 1.92 bits per heavy atom. The van der Waals surface area contributed by atoms with Gasteiger partial charge in [-0.3, -0.25) is 4.98 Å². The number of aromatic nitrogens is 3. The van der Waals surface area contributed by atoms with Crippen LogP contribution in [-0.4, -0.2) is 15.1 Å². The van der Waals surface area contributed by atoms with Crippen LogP contribution in [0.3, 0.4) is 0 Å². The SMILES string of the molecule is Cc1noc(-c2ccc(NC(C)c3ccc(C(F)F)nc3)c(C)c2)n1. The number of nitrogens with zero attached hydrogens (tertiary/aromatic N) is 3. The summed E-state index contributed by atoms with van der Waals surface area (Å²) in [5, 5.41) is 7.16. The average Bonchev–Trinajstić information content (AvgIpc) is 3.03. The number of anilines is 1. The molecule has 2 aromatic heterocycles. The number of aryl methyl sites for hydroxylation is 2. The number of hydrogen-bond donors (Lipinski definition) is 1. The lowest BCUT2D eigenvalue weighted by Gasteiger charge is -2.18. The van der Waals surface area contributed by atoms with E-state index in [1.165, 1.54) is 12.3 Å². The maximum atomic E-state index is 12.6. The van der Waals surface area contributed by atoms with Gasteiger partial charge < -0.3 is 9.84 Å². The summed E-state index contributed by atoms with van der Waals surface area (Å²) in [5.41, 5.74) is 3.41. The minimum atomic E-state index is -2.56. The lowest BCUT2D eigenvalue weighted by atomic mass is 10.1. The highest BCUT2D eigenvalue weighted by Gasteiger charge is 2.13. The summed E-state index contributed by atoms with van der Waals surface area (Å²) in [5.74, 6) is 1.07. The Bertz CT molecular complexity index is 862. The second-order valence-electron chi connectivity index (χ2n) is 5.86. The molecule has 0 saturated heterocycles. The normalized spacial score (nSPS) is 12.4. The Kier molecular flexibility index (Phi) is 4.74. The Morgan fingerprint density at radius 3 is 2.48 bits per heavy atom. The standard InChI is InChI=1S/C18H18F2N4O/c1-10-8-13(18-23-12(3)24-25-18)4-6-15(10)22-11(2)14-5-7-16(17(19)20)21-9-14/h4-9,11,17,22H,1-3H3. The minimum absolute atomic E-state index is 0.0746. The maximum Gasteiger partial charge on any atom is 0.280 e. The van der Waals surface area contributed by atoms with Gasteiger partial charge in [-0.05, 0) is 56.2 Å². The number of halogens is 2. The molecule has 0 saturated carbocycles. The number of benzene rings is 1. The zero-order valence-corrected chi connectivity index (χ0v) is 14.1. The Hall–Kier alpha value is -2.83. The van der Waals surface area contributed by atoms with Crippen LogP contribution in [0.4, 0.5) is 14.5 Å². The molecule has 0 bridgehead atoms. The van der Waals surface area contributed by atoms with Crippen molar-refractivity contribution in [3.8, 4) is 11.5 Å². The van der Waals surface area contributed by atoms with Crippen LogP contribution in [0, 0.1) is 13.8 Å². The second kappa shape index (κ2) is 6.96. The van der Waals surface area contributed by atoms with Crippen molar-refractivity contribution in [3.05, 3.63) is 59.2 Å². The zero-order chi connectivity index (χ0) is 18.0. The molecule has 0 aliphatic heterocycles. The molecule has 1 aromatic carbocycles. The van der Waals surface area contributed by atoms with Crippen molar-refractivity contribution in [1.82, 2.24) is 15.1 Å². The van der Waals surface area contributed by atoms with E-state index >= 15 is 0 Å². The van der Waals surface area contributed by atoms with Crippen LogP contribution < -0.4 is 5.32 Å². The highest BCUT2D eigenvalue weighted by molar-refractivity contribution is 5.63. The molecule has 0 spiro atoms. The third kappa shape index (κ3) is 3.81. The van der Waals surface area contributed by atoms with Gasteiger partial charge in [0, 0.05) is 17.4 Å². The average molecular weight is 344 g/mol. The largest absolute Gasteiger partial charge is 0.378 e. The molecule has 0 aliphatic rings. The Balaban J connectivity index is 1.76. The van der Waals surface area contributed by atoms with Crippen molar-refractivity contribution < 1.29 is 13.3 Å². The van der Waals surface area contributed by atoms with Crippen molar-refractivity contribution in [2.24, 2.45) is 0 Å². The zero-order valence-electron chi connectivity index (χ0n) is 14.1. The van der Waals surface area contributed by atoms with Gasteiger partial charge in [0.05, 0.1) is 6.04 Å². The summed E-state index contributed by atoms with van der Waals surface area (Å²) in [4.78, 5) is 8.02. The van der Waals surface area contributed by atoms with E-state index in [1.807, 2.05) is 32.0 Å². The molecule has 0 fully saturated rings. The van der Waals surface area contributed by atoms with Crippen LogP contribution >= 0.6 is 0 Å². The fourth-order valence-electron chi connectivity index (χ4n) is 2.49. The Morgan fingerprint density at radius 1 is 1.12 bits per heavy atom. The van der Waals surface area contributed by atoms with Crippen LogP contribution in [-0.2, 0) is 0 Å². The highest BCUT2D eigenvalue weighted by Crippen LogP contribution is 2.27. The van der Waals surface area contributed by atoms with Crippen molar-refractivity contribution in [3.63, 3.8) is 0 Å². The lowest BCUT2D eigenvalue weighted by molar-refractivity contribution is 0.146. The van der Waals surface area contributed by atoms with E-state index < -0.39 is 6.43 Å². The van der Waals surface area contributed by atoms with Gasteiger partial charge in [0.25, 0.3) is 12.3 Å². The summed E-state index contributed by atoms with van der Waals surface area (Å²) < 4.78 is 30.3. The quantitative estimate of drug-likeness (QED) is 0.716. The summed E-state index contributed by atoms with van der Waals surface area (Å²) in [7, 11) is 0. The molecule has 5 nitrogen and oxygen atoms in total. The van der Waals surface area contributed by atoms with Gasteiger partial charge in [0.15, 0.2) is 5.82 Å². The van der Waals surface area contributed by atoms with Crippen molar-refractivity contribution in [2.45, 2.75) is 33.2 Å². The summed E-state index contributed by atoms with van der Waals surface area (Å²) in [6, 6.07) is 8.73. The smallest absolute Gasteiger partial charge is 0.280 e. The molecule has 1 N–H and O–H groups in total. The van der Waals surface area contributed by atoms with E-state index in [4.69, 9.17) is 4.52 Å². The van der Waals surface area contributed by atoms with Crippen LogP contribution in [0.1, 0.15) is 42.0 Å². The van der Waals surface area contributed by atoms with Gasteiger partial charge in [-0.15, -0.1) is 0 Å². The number of pyridine rings is 1. The van der Waals surface area contributed by atoms with E-state index in [9.17, 15) is 8.78 Å². The molecule has 3 aromatic rings. The number of hydrogen-bond acceptors (Lipinski definition) is 5. The van der Waals surface area contributed by atoms with E-state index in [-0.39, 0.29) is 11.7 Å². The van der Waals surface area contributed by atoms with E-state index in [1.54, 1.807) is 13.0 Å². The van der Waals surface area contributed by atoms with Crippen molar-refractivity contribution in [2.75, 3.05) is 5.32 Å². The van der Waals surface area contributed by atoms with E-state index in [0.29, 0.717) is 11.7 Å². The second-order valence-corrected chi connectivity index (χ2v) is 5.86. The molecule has 0 amide bonds. The third-order valence-corrected chi connectivity index (χ3v) is 3.91. The van der Waals surface area contributed by atoms with Crippen LogP contribution in [0.15, 0.2) is 41.1 Å². The first-order chi connectivity index (χ1) is 11.9. The van der Waals surface area contributed by atoms with Gasteiger partial charge in [-0.25, -0.2) is 8.78 Å². The molecule has 1 atom stereocenters. The summed E-state index contributed by atoms with van der Waals surface area (Å²) in [6.45, 7) is 5.69. The predicted octanol–water partition coefficient (Wildman–Crippen LogP) is 4.86. The van der Waals surface area contributed by atoms with E-state index in [2.05, 4.69) is 20.4 Å². The van der Waals surface area contributed by atoms with E-state index in [0.717, 1.165) is 22.4 Å². The van der Waals surface area contributed by atoms with Gasteiger partial charge in [-0.2, -0.15) is 4.98 Å². The van der Waals surface area contributed by atoms with Crippen molar-refractivity contribution in [1.29, 1.82) is 0 Å². The van der Waals surface area contributed by atoms with Gasteiger partial charge in [0.2, 0.25) is 0 Å². The Labute approximate surface area is 144 Å². The monoisotopic (exact) mass is 344 g/mol. The number of nitrogens with one attached hydrogen (secondary N) is 1. The van der Waals surface area contributed by atoms with Gasteiger partial charge >= 0.3 is 0 Å². The predicted molar refractivity (Wildman–Crippen MR) is 90.4 cm³/mol. The first-order valence-corrected chi connectivity index (χ1v) is 7.86. The summed E-state index contributed by atoms with van der Waals surface area (Å²) >= 11 is 0. The topological polar surface area (TPSA) is 63.8 Å². The fraction of sp³-hybridized carbons (Fsp3) is 0.278.